The molecule has 22 heavy (non-hydrogen) atoms. The maximum absolute atomic E-state index is 11.5. The molecule has 0 spiro atoms. The van der Waals surface area contributed by atoms with E-state index in [1.807, 2.05) is 0 Å². The summed E-state index contributed by atoms with van der Waals surface area (Å²) in [5, 5.41) is 4.33. The third kappa shape index (κ3) is 2.39. The molecule has 1 amide bonds. The van der Waals surface area contributed by atoms with Crippen LogP contribution in [0.25, 0.3) is 0 Å². The minimum absolute atomic E-state index is 0.00375. The molecule has 1 heterocycles. The van der Waals surface area contributed by atoms with Crippen molar-refractivity contribution in [2.75, 3.05) is 0 Å². The zero-order chi connectivity index (χ0) is 15.9. The van der Waals surface area contributed by atoms with Crippen LogP contribution in [0, 0.1) is 12.8 Å². The average Bonchev–Trinajstić information content (AvgIpc) is 3.29. The van der Waals surface area contributed by atoms with Gasteiger partial charge in [-0.05, 0) is 60.6 Å². The molecule has 0 bridgehead atoms. The molecule has 1 N–H and O–H groups in total. The summed E-state index contributed by atoms with van der Waals surface area (Å²) >= 11 is 0. The Morgan fingerprint density at radius 1 is 1.45 bits per heavy atom. The van der Waals surface area contributed by atoms with E-state index >= 15 is 0 Å². The molecule has 1 aliphatic carbocycles. The molecule has 1 aliphatic heterocycles. The molecule has 2 aliphatic rings. The third-order valence-corrected chi connectivity index (χ3v) is 5.17. The predicted octanol–water partition coefficient (Wildman–Crippen LogP) is 3.64. The third-order valence-electron chi connectivity index (χ3n) is 5.17. The van der Waals surface area contributed by atoms with E-state index in [2.05, 4.69) is 56.1 Å². The van der Waals surface area contributed by atoms with Gasteiger partial charge in [0.2, 0.25) is 5.91 Å². The lowest BCUT2D eigenvalue weighted by Crippen LogP contribution is -2.32. The lowest BCUT2D eigenvalue weighted by molar-refractivity contribution is -0.121. The second-order valence-electron chi connectivity index (χ2n) is 6.66. The van der Waals surface area contributed by atoms with E-state index < -0.39 is 0 Å². The smallest absolute Gasteiger partial charge is 0.240 e. The van der Waals surface area contributed by atoms with Gasteiger partial charge in [0.05, 0.1) is 5.71 Å². The van der Waals surface area contributed by atoms with Crippen molar-refractivity contribution in [3.05, 3.63) is 47.0 Å². The van der Waals surface area contributed by atoms with Crippen LogP contribution in [0.2, 0.25) is 0 Å². The summed E-state index contributed by atoms with van der Waals surface area (Å²) in [6, 6.07) is 4.51. The minimum atomic E-state index is 0.00375. The van der Waals surface area contributed by atoms with Crippen LogP contribution in [-0.4, -0.2) is 11.6 Å². The molecular weight excluding hydrogens is 272 g/mol. The summed E-state index contributed by atoms with van der Waals surface area (Å²) in [5.41, 5.74) is 9.08. The average molecular weight is 296 g/mol. The zero-order valence-corrected chi connectivity index (χ0v) is 13.7. The monoisotopic (exact) mass is 296 g/mol. The van der Waals surface area contributed by atoms with Crippen molar-refractivity contribution in [2.45, 2.75) is 51.9 Å². The van der Waals surface area contributed by atoms with Crippen LogP contribution < -0.4 is 5.43 Å². The highest BCUT2D eigenvalue weighted by atomic mass is 16.2. The molecule has 1 saturated carbocycles. The van der Waals surface area contributed by atoms with Crippen LogP contribution in [0.1, 0.15) is 55.4 Å². The number of amides is 1. The topological polar surface area (TPSA) is 41.5 Å². The van der Waals surface area contributed by atoms with Crippen LogP contribution in [0.4, 0.5) is 0 Å². The Hall–Kier alpha value is -1.90. The van der Waals surface area contributed by atoms with Gasteiger partial charge in [0, 0.05) is 17.8 Å². The van der Waals surface area contributed by atoms with Crippen molar-refractivity contribution >= 4 is 11.6 Å². The summed E-state index contributed by atoms with van der Waals surface area (Å²) in [6.45, 7) is 10.5. The van der Waals surface area contributed by atoms with E-state index in [1.165, 1.54) is 29.5 Å². The Bertz CT molecular complexity index is 668. The largest absolute Gasteiger partial charge is 0.273 e. The van der Waals surface area contributed by atoms with Gasteiger partial charge in [-0.2, -0.15) is 5.10 Å². The first-order valence-corrected chi connectivity index (χ1v) is 8.15. The first-order valence-electron chi connectivity index (χ1n) is 8.15. The van der Waals surface area contributed by atoms with Crippen molar-refractivity contribution in [1.29, 1.82) is 0 Å². The van der Waals surface area contributed by atoms with Crippen molar-refractivity contribution in [1.82, 2.24) is 5.43 Å². The Kier molecular flexibility index (Phi) is 3.67. The molecule has 1 atom stereocenters. The Balaban J connectivity index is 2.11. The van der Waals surface area contributed by atoms with Gasteiger partial charge in [-0.15, -0.1) is 6.58 Å². The number of aryl methyl sites for hydroxylation is 1. The first kappa shape index (κ1) is 15.0. The normalized spacial score (nSPS) is 22.8. The van der Waals surface area contributed by atoms with E-state index in [4.69, 9.17) is 0 Å². The predicted molar refractivity (Wildman–Crippen MR) is 90.1 cm³/mol. The number of rotatable bonds is 4. The summed E-state index contributed by atoms with van der Waals surface area (Å²) in [6.07, 6.45) is 5.99. The van der Waals surface area contributed by atoms with Crippen molar-refractivity contribution in [3.63, 3.8) is 0 Å². The molecule has 0 saturated heterocycles. The summed E-state index contributed by atoms with van der Waals surface area (Å²) in [5.74, 6) is 0.164. The number of nitrogens with one attached hydrogen (secondary N) is 1. The van der Waals surface area contributed by atoms with Crippen LogP contribution in [-0.2, 0) is 16.6 Å². The van der Waals surface area contributed by atoms with Gasteiger partial charge in [-0.3, -0.25) is 4.79 Å². The Morgan fingerprint density at radius 2 is 2.18 bits per heavy atom. The van der Waals surface area contributed by atoms with Gasteiger partial charge in [0.15, 0.2) is 0 Å². The van der Waals surface area contributed by atoms with E-state index in [0.717, 1.165) is 17.7 Å². The number of carbonyl (C=O) groups is 1. The van der Waals surface area contributed by atoms with Crippen LogP contribution in [0.3, 0.4) is 0 Å². The maximum atomic E-state index is 11.5. The molecule has 0 radical (unpaired) electrons. The number of hydrogen-bond acceptors (Lipinski definition) is 2. The molecule has 3 rings (SSSR count). The number of hydrogen-bond donors (Lipinski definition) is 1. The summed E-state index contributed by atoms with van der Waals surface area (Å²) in [4.78, 5) is 11.5. The van der Waals surface area contributed by atoms with Crippen LogP contribution in [0.5, 0.6) is 0 Å². The molecule has 3 heteroatoms. The van der Waals surface area contributed by atoms with Gasteiger partial charge in [0.1, 0.15) is 0 Å². The standard InChI is InChI=1S/C19H24N2O/c1-5-14-10-15(18-12(3)9-17(22)20-21-18)11-16(13(14)4)19(6-2)7-8-19/h6,10-12H,2,5,7-9H2,1,3-4H3,(H,20,22). The van der Waals surface area contributed by atoms with E-state index in [-0.39, 0.29) is 17.2 Å². The molecule has 1 aromatic carbocycles. The van der Waals surface area contributed by atoms with Gasteiger partial charge in [-0.1, -0.05) is 19.9 Å². The number of benzene rings is 1. The van der Waals surface area contributed by atoms with Gasteiger partial charge in [-0.25, -0.2) is 5.43 Å². The van der Waals surface area contributed by atoms with E-state index in [1.54, 1.807) is 0 Å². The Morgan fingerprint density at radius 3 is 2.73 bits per heavy atom. The second kappa shape index (κ2) is 5.38. The number of hydrazone groups is 1. The quantitative estimate of drug-likeness (QED) is 0.847. The first-order chi connectivity index (χ1) is 10.5. The molecule has 1 fully saturated rings. The molecule has 1 aromatic rings. The highest BCUT2D eigenvalue weighted by molar-refractivity contribution is 6.06. The highest BCUT2D eigenvalue weighted by Gasteiger charge is 2.42. The van der Waals surface area contributed by atoms with E-state index in [9.17, 15) is 4.79 Å². The number of carbonyl (C=O) groups excluding carboxylic acids is 1. The van der Waals surface area contributed by atoms with E-state index in [0.29, 0.717) is 6.42 Å². The van der Waals surface area contributed by atoms with Gasteiger partial charge >= 0.3 is 0 Å². The minimum Gasteiger partial charge on any atom is -0.273 e. The van der Waals surface area contributed by atoms with Crippen LogP contribution >= 0.6 is 0 Å². The molecule has 116 valence electrons. The second-order valence-corrected chi connectivity index (χ2v) is 6.66. The molecule has 3 nitrogen and oxygen atoms in total. The highest BCUT2D eigenvalue weighted by Crippen LogP contribution is 2.51. The molecule has 0 aromatic heterocycles. The molecular formula is C19H24N2O. The fourth-order valence-corrected chi connectivity index (χ4v) is 3.53. The van der Waals surface area contributed by atoms with Crippen molar-refractivity contribution in [2.24, 2.45) is 11.0 Å². The number of allylic oxidation sites excluding steroid dienone is 1. The Labute approximate surface area is 132 Å². The van der Waals surface area contributed by atoms with Crippen molar-refractivity contribution in [3.8, 4) is 0 Å². The zero-order valence-electron chi connectivity index (χ0n) is 13.7. The lowest BCUT2D eigenvalue weighted by Gasteiger charge is -2.23. The fourth-order valence-electron chi connectivity index (χ4n) is 3.53. The maximum Gasteiger partial charge on any atom is 0.240 e. The number of nitrogens with zero attached hydrogens (tertiary/aromatic N) is 1. The van der Waals surface area contributed by atoms with Gasteiger partial charge in [0.25, 0.3) is 0 Å². The fraction of sp³-hybridized carbons (Fsp3) is 0.474. The van der Waals surface area contributed by atoms with Gasteiger partial charge < -0.3 is 0 Å². The SMILES string of the molecule is C=CC1(c2cc(C3=NNC(=O)CC3C)cc(CC)c2C)CC1. The summed E-state index contributed by atoms with van der Waals surface area (Å²) < 4.78 is 0. The van der Waals surface area contributed by atoms with Crippen LogP contribution in [0.15, 0.2) is 29.9 Å². The van der Waals surface area contributed by atoms with Crippen molar-refractivity contribution < 1.29 is 4.79 Å². The lowest BCUT2D eigenvalue weighted by atomic mass is 9.84. The molecule has 1 unspecified atom stereocenters. The summed E-state index contributed by atoms with van der Waals surface area (Å²) in [7, 11) is 0.